The van der Waals surface area contributed by atoms with Crippen molar-refractivity contribution in [2.45, 2.75) is 26.4 Å². The number of carbonyl (C=O) groups is 2. The average Bonchev–Trinajstić information content (AvgIpc) is 2.58. The molecular weight excluding hydrogens is 344 g/mol. The maximum absolute atomic E-state index is 13.5. The molecule has 138 valence electrons. The van der Waals surface area contributed by atoms with Crippen LogP contribution in [0.4, 0.5) is 14.5 Å². The first-order valence-corrected chi connectivity index (χ1v) is 7.85. The van der Waals surface area contributed by atoms with E-state index in [-0.39, 0.29) is 11.4 Å². The third-order valence-corrected chi connectivity index (χ3v) is 3.47. The zero-order valence-electron chi connectivity index (χ0n) is 14.6. The van der Waals surface area contributed by atoms with Gasteiger partial charge in [0.05, 0.1) is 0 Å². The fourth-order valence-corrected chi connectivity index (χ4v) is 2.01. The van der Waals surface area contributed by atoms with E-state index in [9.17, 15) is 18.4 Å². The molecule has 0 spiro atoms. The fourth-order valence-electron chi connectivity index (χ4n) is 2.01. The maximum atomic E-state index is 13.5. The van der Waals surface area contributed by atoms with Gasteiger partial charge in [0, 0.05) is 5.69 Å². The minimum atomic E-state index is -1.38. The van der Waals surface area contributed by atoms with E-state index in [0.29, 0.717) is 5.56 Å². The molecule has 7 heteroatoms. The Morgan fingerprint density at radius 1 is 1.08 bits per heavy atom. The number of rotatable bonds is 6. The first-order valence-electron chi connectivity index (χ1n) is 7.85. The molecular formula is C19H19F2NO4. The maximum Gasteiger partial charge on any atom is 0.350 e. The molecule has 0 bridgehead atoms. The number of esters is 1. The third kappa shape index (κ3) is 5.27. The summed E-state index contributed by atoms with van der Waals surface area (Å²) in [5.41, 5.74) is -0.668. The SMILES string of the molecule is Cc1ccc(NC(=O)COC(=O)C(C)(C)Oc2ccc(F)cc2)cc1F. The van der Waals surface area contributed by atoms with Crippen LogP contribution in [0.1, 0.15) is 19.4 Å². The Morgan fingerprint density at radius 2 is 1.73 bits per heavy atom. The first kappa shape index (κ1) is 19.4. The minimum Gasteiger partial charge on any atom is -0.476 e. The largest absolute Gasteiger partial charge is 0.476 e. The van der Waals surface area contributed by atoms with Gasteiger partial charge in [-0.2, -0.15) is 0 Å². The van der Waals surface area contributed by atoms with E-state index in [4.69, 9.17) is 9.47 Å². The summed E-state index contributed by atoms with van der Waals surface area (Å²) in [5.74, 6) is -1.98. The Kier molecular flexibility index (Phi) is 5.92. The van der Waals surface area contributed by atoms with Crippen LogP contribution in [-0.2, 0) is 14.3 Å². The van der Waals surface area contributed by atoms with Crippen molar-refractivity contribution in [2.75, 3.05) is 11.9 Å². The zero-order chi connectivity index (χ0) is 19.3. The number of benzene rings is 2. The van der Waals surface area contributed by atoms with Gasteiger partial charge in [-0.25, -0.2) is 13.6 Å². The monoisotopic (exact) mass is 363 g/mol. The molecule has 5 nitrogen and oxygen atoms in total. The van der Waals surface area contributed by atoms with Crippen molar-refractivity contribution >= 4 is 17.6 Å². The molecule has 0 aromatic heterocycles. The van der Waals surface area contributed by atoms with Crippen LogP contribution in [0.25, 0.3) is 0 Å². The second-order valence-electron chi connectivity index (χ2n) is 6.15. The Morgan fingerprint density at radius 3 is 2.35 bits per heavy atom. The summed E-state index contributed by atoms with van der Waals surface area (Å²) in [6.07, 6.45) is 0. The number of carbonyl (C=O) groups excluding carboxylic acids is 2. The van der Waals surface area contributed by atoms with E-state index in [2.05, 4.69) is 5.32 Å². The van der Waals surface area contributed by atoms with Crippen LogP contribution in [0.15, 0.2) is 42.5 Å². The van der Waals surface area contributed by atoms with Crippen molar-refractivity contribution < 1.29 is 27.8 Å². The fraction of sp³-hybridized carbons (Fsp3) is 0.263. The molecule has 2 aromatic carbocycles. The van der Waals surface area contributed by atoms with Gasteiger partial charge in [-0.05, 0) is 62.7 Å². The summed E-state index contributed by atoms with van der Waals surface area (Å²) in [5, 5.41) is 2.43. The molecule has 1 amide bonds. The highest BCUT2D eigenvalue weighted by molar-refractivity contribution is 5.93. The lowest BCUT2D eigenvalue weighted by atomic mass is 10.1. The molecule has 2 aromatic rings. The Labute approximate surface area is 149 Å². The summed E-state index contributed by atoms with van der Waals surface area (Å²) in [6.45, 7) is 3.98. The van der Waals surface area contributed by atoms with Crippen LogP contribution in [0.2, 0.25) is 0 Å². The molecule has 0 aliphatic carbocycles. The van der Waals surface area contributed by atoms with E-state index in [0.717, 1.165) is 0 Å². The topological polar surface area (TPSA) is 64.6 Å². The van der Waals surface area contributed by atoms with E-state index in [1.165, 1.54) is 50.2 Å². The van der Waals surface area contributed by atoms with Crippen LogP contribution in [0.5, 0.6) is 5.75 Å². The van der Waals surface area contributed by atoms with Crippen molar-refractivity contribution in [2.24, 2.45) is 0 Å². The predicted octanol–water partition coefficient (Wildman–Crippen LogP) is 3.61. The van der Waals surface area contributed by atoms with E-state index >= 15 is 0 Å². The van der Waals surface area contributed by atoms with Crippen molar-refractivity contribution in [1.29, 1.82) is 0 Å². The number of anilines is 1. The molecule has 0 fully saturated rings. The molecule has 0 heterocycles. The number of ether oxygens (including phenoxy) is 2. The second-order valence-corrected chi connectivity index (χ2v) is 6.15. The van der Waals surface area contributed by atoms with E-state index < -0.39 is 35.7 Å². The molecule has 0 saturated heterocycles. The number of hydrogen-bond acceptors (Lipinski definition) is 4. The van der Waals surface area contributed by atoms with Gasteiger partial charge in [0.25, 0.3) is 5.91 Å². The highest BCUT2D eigenvalue weighted by Gasteiger charge is 2.32. The average molecular weight is 363 g/mol. The van der Waals surface area contributed by atoms with Gasteiger partial charge in [-0.1, -0.05) is 6.07 Å². The van der Waals surface area contributed by atoms with E-state index in [1.807, 2.05) is 0 Å². The van der Waals surface area contributed by atoms with Crippen LogP contribution in [-0.4, -0.2) is 24.1 Å². The van der Waals surface area contributed by atoms with Crippen LogP contribution >= 0.6 is 0 Å². The van der Waals surface area contributed by atoms with Crippen molar-refractivity contribution in [3.63, 3.8) is 0 Å². The smallest absolute Gasteiger partial charge is 0.350 e. The van der Waals surface area contributed by atoms with Crippen LogP contribution < -0.4 is 10.1 Å². The normalized spacial score (nSPS) is 11.0. The summed E-state index contributed by atoms with van der Waals surface area (Å²) < 4.78 is 36.8. The lowest BCUT2D eigenvalue weighted by Crippen LogP contribution is -2.41. The van der Waals surface area contributed by atoms with Gasteiger partial charge < -0.3 is 14.8 Å². The van der Waals surface area contributed by atoms with Gasteiger partial charge in [0.2, 0.25) is 0 Å². The summed E-state index contributed by atoms with van der Waals surface area (Å²) in [6, 6.07) is 9.40. The van der Waals surface area contributed by atoms with Gasteiger partial charge >= 0.3 is 5.97 Å². The summed E-state index contributed by atoms with van der Waals surface area (Å²) in [7, 11) is 0. The Bertz CT molecular complexity index is 804. The molecule has 1 N–H and O–H groups in total. The van der Waals surface area contributed by atoms with Gasteiger partial charge in [0.1, 0.15) is 17.4 Å². The molecule has 0 saturated carbocycles. The molecule has 0 aliphatic rings. The molecule has 0 aliphatic heterocycles. The number of amides is 1. The standard InChI is InChI=1S/C19H19F2NO4/c1-12-4-7-14(10-16(12)21)22-17(23)11-25-18(24)19(2,3)26-15-8-5-13(20)6-9-15/h4-10H,11H2,1-3H3,(H,22,23). The lowest BCUT2D eigenvalue weighted by Gasteiger charge is -2.24. The van der Waals surface area contributed by atoms with E-state index in [1.54, 1.807) is 13.0 Å². The molecule has 26 heavy (non-hydrogen) atoms. The number of aryl methyl sites for hydroxylation is 1. The van der Waals surface area contributed by atoms with Gasteiger partial charge in [-0.15, -0.1) is 0 Å². The number of halogens is 2. The lowest BCUT2D eigenvalue weighted by molar-refractivity contribution is -0.161. The highest BCUT2D eigenvalue weighted by Crippen LogP contribution is 2.20. The molecule has 0 unspecified atom stereocenters. The number of hydrogen-bond donors (Lipinski definition) is 1. The first-order chi connectivity index (χ1) is 12.2. The molecule has 0 radical (unpaired) electrons. The van der Waals surface area contributed by atoms with Crippen molar-refractivity contribution in [3.05, 3.63) is 59.7 Å². The Hall–Kier alpha value is -2.96. The highest BCUT2D eigenvalue weighted by atomic mass is 19.1. The number of nitrogens with one attached hydrogen (secondary N) is 1. The zero-order valence-corrected chi connectivity index (χ0v) is 14.6. The molecule has 0 atom stereocenters. The second kappa shape index (κ2) is 7.95. The predicted molar refractivity (Wildman–Crippen MR) is 91.8 cm³/mol. The van der Waals surface area contributed by atoms with Gasteiger partial charge in [0.15, 0.2) is 12.2 Å². The quantitative estimate of drug-likeness (QED) is 0.797. The third-order valence-electron chi connectivity index (χ3n) is 3.47. The molecule has 2 rings (SSSR count). The van der Waals surface area contributed by atoms with Crippen LogP contribution in [0.3, 0.4) is 0 Å². The van der Waals surface area contributed by atoms with Crippen molar-refractivity contribution in [1.82, 2.24) is 0 Å². The van der Waals surface area contributed by atoms with Crippen LogP contribution in [0, 0.1) is 18.6 Å². The Balaban J connectivity index is 1.88. The summed E-state index contributed by atoms with van der Waals surface area (Å²) >= 11 is 0. The van der Waals surface area contributed by atoms with Gasteiger partial charge in [-0.3, -0.25) is 4.79 Å². The van der Waals surface area contributed by atoms with Crippen molar-refractivity contribution in [3.8, 4) is 5.75 Å². The summed E-state index contributed by atoms with van der Waals surface area (Å²) in [4.78, 5) is 24.0. The minimum absolute atomic E-state index is 0.260.